The molecule has 0 bridgehead atoms. The molecule has 2 aliphatic heterocycles. The molecule has 6 heteroatoms. The van der Waals surface area contributed by atoms with Crippen molar-refractivity contribution in [3.63, 3.8) is 0 Å². The maximum absolute atomic E-state index is 12.7. The van der Waals surface area contributed by atoms with Gasteiger partial charge >= 0.3 is 0 Å². The third-order valence-corrected chi connectivity index (χ3v) is 5.17. The zero-order valence-corrected chi connectivity index (χ0v) is 15.5. The van der Waals surface area contributed by atoms with E-state index in [2.05, 4.69) is 40.7 Å². The van der Waals surface area contributed by atoms with Crippen LogP contribution in [0.2, 0.25) is 0 Å². The number of anilines is 2. The summed E-state index contributed by atoms with van der Waals surface area (Å²) >= 11 is 0. The number of carbonyl (C=O) groups is 2. The Morgan fingerprint density at radius 2 is 2.04 bits per heavy atom. The van der Waals surface area contributed by atoms with Crippen molar-refractivity contribution in [1.29, 1.82) is 0 Å². The van der Waals surface area contributed by atoms with E-state index in [1.165, 1.54) is 11.3 Å². The minimum absolute atomic E-state index is 0.199. The van der Waals surface area contributed by atoms with E-state index in [1.54, 1.807) is 25.1 Å². The summed E-state index contributed by atoms with van der Waals surface area (Å²) in [6.45, 7) is 5.14. The molecule has 2 N–H and O–H groups in total. The monoisotopic (exact) mass is 365 g/mol. The first-order valence-corrected chi connectivity index (χ1v) is 9.28. The molecule has 140 valence electrons. The number of ether oxygens (including phenoxy) is 1. The van der Waals surface area contributed by atoms with Crippen molar-refractivity contribution in [3.8, 4) is 5.75 Å². The van der Waals surface area contributed by atoms with Gasteiger partial charge in [0.15, 0.2) is 11.9 Å². The molecule has 0 saturated heterocycles. The van der Waals surface area contributed by atoms with Gasteiger partial charge in [-0.2, -0.15) is 0 Å². The second-order valence-electron chi connectivity index (χ2n) is 7.06. The van der Waals surface area contributed by atoms with Crippen LogP contribution in [0.5, 0.6) is 5.75 Å². The summed E-state index contributed by atoms with van der Waals surface area (Å²) in [5.41, 5.74) is 3.57. The van der Waals surface area contributed by atoms with Crippen LogP contribution in [-0.4, -0.2) is 37.0 Å². The molecule has 6 nitrogen and oxygen atoms in total. The molecular formula is C21H23N3O3. The van der Waals surface area contributed by atoms with E-state index in [1.807, 2.05) is 6.07 Å². The van der Waals surface area contributed by atoms with Crippen LogP contribution >= 0.6 is 0 Å². The number of amides is 2. The fourth-order valence-corrected chi connectivity index (χ4v) is 3.76. The first-order chi connectivity index (χ1) is 13.0. The Kier molecular flexibility index (Phi) is 4.48. The summed E-state index contributed by atoms with van der Waals surface area (Å²) in [4.78, 5) is 26.8. The number of benzene rings is 2. The maximum atomic E-state index is 12.7. The fourth-order valence-electron chi connectivity index (χ4n) is 3.76. The zero-order chi connectivity index (χ0) is 19.0. The van der Waals surface area contributed by atoms with Crippen molar-refractivity contribution >= 4 is 23.2 Å². The van der Waals surface area contributed by atoms with Crippen molar-refractivity contribution in [1.82, 2.24) is 5.32 Å². The van der Waals surface area contributed by atoms with Crippen LogP contribution in [0.1, 0.15) is 29.8 Å². The van der Waals surface area contributed by atoms with Crippen molar-refractivity contribution in [2.45, 2.75) is 32.4 Å². The summed E-state index contributed by atoms with van der Waals surface area (Å²) in [7, 11) is 0. The molecule has 27 heavy (non-hydrogen) atoms. The van der Waals surface area contributed by atoms with E-state index in [9.17, 15) is 9.59 Å². The Bertz CT molecular complexity index is 896. The quantitative estimate of drug-likeness (QED) is 0.874. The Morgan fingerprint density at radius 3 is 2.89 bits per heavy atom. The van der Waals surface area contributed by atoms with Crippen LogP contribution in [0.3, 0.4) is 0 Å². The molecule has 2 atom stereocenters. The Labute approximate surface area is 158 Å². The first kappa shape index (κ1) is 17.4. The van der Waals surface area contributed by atoms with Crippen molar-refractivity contribution < 1.29 is 14.3 Å². The van der Waals surface area contributed by atoms with E-state index < -0.39 is 6.10 Å². The predicted molar refractivity (Wildman–Crippen MR) is 104 cm³/mol. The number of hydrogen-bond acceptors (Lipinski definition) is 4. The topological polar surface area (TPSA) is 70.7 Å². The third-order valence-electron chi connectivity index (χ3n) is 5.17. The summed E-state index contributed by atoms with van der Waals surface area (Å²) < 4.78 is 5.66. The van der Waals surface area contributed by atoms with Gasteiger partial charge in [0, 0.05) is 24.8 Å². The molecule has 2 heterocycles. The van der Waals surface area contributed by atoms with Gasteiger partial charge in [-0.05, 0) is 44.0 Å². The van der Waals surface area contributed by atoms with E-state index in [-0.39, 0.29) is 11.8 Å². The molecule has 0 aliphatic carbocycles. The molecule has 0 saturated carbocycles. The highest BCUT2D eigenvalue weighted by Crippen LogP contribution is 2.33. The molecule has 2 aliphatic rings. The standard InChI is InChI=1S/C21H23N3O3/c1-13-12-15-6-3-4-9-18(15)24(13)11-10-22-21(26)16-7-5-8-17-19(16)27-14(2)20(25)23-17/h3-9,13-14H,10-12H2,1-2H3,(H,22,26)(H,23,25). The number of nitrogens with zero attached hydrogens (tertiary/aromatic N) is 1. The highest BCUT2D eigenvalue weighted by Gasteiger charge is 2.28. The SMILES string of the molecule is CC1Oc2c(cccc2C(=O)NCCN2c3ccccc3CC2C)NC1=O. The lowest BCUT2D eigenvalue weighted by atomic mass is 10.1. The second kappa shape index (κ2) is 6.95. The van der Waals surface area contributed by atoms with Gasteiger partial charge in [-0.1, -0.05) is 24.3 Å². The van der Waals surface area contributed by atoms with E-state index in [0.717, 1.165) is 13.0 Å². The van der Waals surface area contributed by atoms with E-state index >= 15 is 0 Å². The normalized spacial score (nSPS) is 20.4. The minimum Gasteiger partial charge on any atom is -0.478 e. The third kappa shape index (κ3) is 3.23. The Morgan fingerprint density at radius 1 is 1.22 bits per heavy atom. The lowest BCUT2D eigenvalue weighted by Gasteiger charge is -2.26. The van der Waals surface area contributed by atoms with Crippen LogP contribution in [0.25, 0.3) is 0 Å². The number of carbonyl (C=O) groups excluding carboxylic acids is 2. The summed E-state index contributed by atoms with van der Waals surface area (Å²) in [6.07, 6.45) is 0.412. The van der Waals surface area contributed by atoms with Gasteiger partial charge in [0.25, 0.3) is 11.8 Å². The second-order valence-corrected chi connectivity index (χ2v) is 7.06. The highest BCUT2D eigenvalue weighted by atomic mass is 16.5. The highest BCUT2D eigenvalue weighted by molar-refractivity contribution is 6.04. The summed E-state index contributed by atoms with van der Waals surface area (Å²) in [6, 6.07) is 14.0. The number of para-hydroxylation sites is 2. The molecule has 2 amide bonds. The average molecular weight is 365 g/mol. The number of nitrogens with one attached hydrogen (secondary N) is 2. The lowest BCUT2D eigenvalue weighted by molar-refractivity contribution is -0.122. The number of rotatable bonds is 4. The van der Waals surface area contributed by atoms with E-state index in [0.29, 0.717) is 29.6 Å². The summed E-state index contributed by atoms with van der Waals surface area (Å²) in [5.74, 6) is 0.0269. The molecule has 2 aromatic carbocycles. The average Bonchev–Trinajstić information content (AvgIpc) is 2.97. The molecule has 0 aromatic heterocycles. The van der Waals surface area contributed by atoms with Crippen LogP contribution in [0, 0.1) is 0 Å². The van der Waals surface area contributed by atoms with Gasteiger partial charge in [0.2, 0.25) is 0 Å². The predicted octanol–water partition coefficient (Wildman–Crippen LogP) is 2.59. The Balaban J connectivity index is 1.43. The van der Waals surface area contributed by atoms with E-state index in [4.69, 9.17) is 4.74 Å². The van der Waals surface area contributed by atoms with Crippen molar-refractivity contribution in [2.24, 2.45) is 0 Å². The molecule has 4 rings (SSSR count). The van der Waals surface area contributed by atoms with Crippen LogP contribution < -0.4 is 20.3 Å². The zero-order valence-electron chi connectivity index (χ0n) is 15.5. The first-order valence-electron chi connectivity index (χ1n) is 9.28. The van der Waals surface area contributed by atoms with Gasteiger partial charge in [-0.15, -0.1) is 0 Å². The minimum atomic E-state index is -0.617. The molecular weight excluding hydrogens is 342 g/mol. The van der Waals surface area contributed by atoms with Gasteiger partial charge < -0.3 is 20.3 Å². The largest absolute Gasteiger partial charge is 0.478 e. The smallest absolute Gasteiger partial charge is 0.265 e. The molecule has 0 radical (unpaired) electrons. The van der Waals surface area contributed by atoms with Gasteiger partial charge in [-0.25, -0.2) is 0 Å². The Hall–Kier alpha value is -3.02. The van der Waals surface area contributed by atoms with Crippen molar-refractivity contribution in [2.75, 3.05) is 23.3 Å². The maximum Gasteiger partial charge on any atom is 0.265 e. The number of fused-ring (bicyclic) bond motifs is 2. The van der Waals surface area contributed by atoms with Gasteiger partial charge in [0.05, 0.1) is 11.3 Å². The van der Waals surface area contributed by atoms with Crippen LogP contribution in [0.4, 0.5) is 11.4 Å². The van der Waals surface area contributed by atoms with Gasteiger partial charge in [-0.3, -0.25) is 9.59 Å². The fraction of sp³-hybridized carbons (Fsp3) is 0.333. The molecule has 2 unspecified atom stereocenters. The molecule has 0 spiro atoms. The van der Waals surface area contributed by atoms with Gasteiger partial charge in [0.1, 0.15) is 0 Å². The van der Waals surface area contributed by atoms with Crippen molar-refractivity contribution in [3.05, 3.63) is 53.6 Å². The molecule has 0 fully saturated rings. The van der Waals surface area contributed by atoms with Crippen LogP contribution in [-0.2, 0) is 11.2 Å². The lowest BCUT2D eigenvalue weighted by Crippen LogP contribution is -2.39. The summed E-state index contributed by atoms with van der Waals surface area (Å²) in [5, 5.41) is 5.75. The molecule has 2 aromatic rings. The van der Waals surface area contributed by atoms with Crippen LogP contribution in [0.15, 0.2) is 42.5 Å². The number of hydrogen-bond donors (Lipinski definition) is 2.